The smallest absolute Gasteiger partial charge is 0.253 e. The third-order valence-electron chi connectivity index (χ3n) is 17.0. The zero-order valence-electron chi connectivity index (χ0n) is 39.1. The molecule has 4 unspecified atom stereocenters. The van der Waals surface area contributed by atoms with Gasteiger partial charge >= 0.3 is 0 Å². The quantitative estimate of drug-likeness (QED) is 0.110. The fourth-order valence-electron chi connectivity index (χ4n) is 12.8. The molecule has 3 aromatic heterocycles. The number of piperidine rings is 3. The maximum absolute atomic E-state index is 13.8. The van der Waals surface area contributed by atoms with Crippen LogP contribution < -0.4 is 16.0 Å². The zero-order valence-corrected chi connectivity index (χ0v) is 39.1. The van der Waals surface area contributed by atoms with Gasteiger partial charge in [-0.25, -0.2) is 9.97 Å². The molecule has 3 N–H and O–H groups in total. The first kappa shape index (κ1) is 43.7. The van der Waals surface area contributed by atoms with Gasteiger partial charge in [-0.15, -0.1) is 0 Å². The molecule has 2 aromatic carbocycles. The van der Waals surface area contributed by atoms with Gasteiger partial charge in [0, 0.05) is 72.9 Å². The number of benzene rings is 2. The number of nitrogen functional groups attached to an aromatic ring is 1. The highest BCUT2D eigenvalue weighted by molar-refractivity contribution is 6.15. The van der Waals surface area contributed by atoms with E-state index in [1.165, 1.54) is 42.5 Å². The van der Waals surface area contributed by atoms with Gasteiger partial charge in [-0.1, -0.05) is 37.1 Å². The van der Waals surface area contributed by atoms with Crippen LogP contribution in [0.25, 0.3) is 22.2 Å². The Morgan fingerprint density at radius 2 is 1.55 bits per heavy atom. The minimum absolute atomic E-state index is 0.0372. The summed E-state index contributed by atoms with van der Waals surface area (Å²) in [6.07, 6.45) is 17.6. The Morgan fingerprint density at radius 1 is 0.806 bits per heavy atom. The van der Waals surface area contributed by atoms with Crippen molar-refractivity contribution in [3.8, 4) is 11.1 Å². The molecule has 12 nitrogen and oxygen atoms in total. The minimum Gasteiger partial charge on any atom is -0.384 e. The zero-order chi connectivity index (χ0) is 46.0. The molecule has 6 aliphatic rings. The summed E-state index contributed by atoms with van der Waals surface area (Å²) in [5.74, 6) is 2.41. The number of aromatic nitrogens is 3. The van der Waals surface area contributed by atoms with E-state index in [-0.39, 0.29) is 36.1 Å². The van der Waals surface area contributed by atoms with Gasteiger partial charge in [0.1, 0.15) is 17.5 Å². The Hall–Kier alpha value is -5.88. The van der Waals surface area contributed by atoms with Crippen LogP contribution in [0, 0.1) is 11.8 Å². The van der Waals surface area contributed by atoms with E-state index in [0.717, 1.165) is 117 Å². The van der Waals surface area contributed by atoms with Crippen molar-refractivity contribution in [2.75, 3.05) is 36.8 Å². The van der Waals surface area contributed by atoms with Gasteiger partial charge in [-0.3, -0.25) is 34.3 Å². The lowest BCUT2D eigenvalue weighted by Gasteiger charge is -2.36. The van der Waals surface area contributed by atoms with Crippen molar-refractivity contribution in [1.82, 2.24) is 29.7 Å². The molecule has 5 aromatic rings. The third kappa shape index (κ3) is 8.12. The molecule has 5 fully saturated rings. The minimum atomic E-state index is -0.613. The summed E-state index contributed by atoms with van der Waals surface area (Å²) in [5.41, 5.74) is 15.2. The van der Waals surface area contributed by atoms with Crippen LogP contribution in [-0.2, 0) is 26.8 Å². The number of fused-ring (bicyclic) bond motifs is 3. The predicted molar refractivity (Wildman–Crippen MR) is 260 cm³/mol. The van der Waals surface area contributed by atoms with E-state index in [4.69, 9.17) is 10.7 Å². The highest BCUT2D eigenvalue weighted by Gasteiger charge is 2.61. The molecule has 1 spiro atoms. The molecule has 67 heavy (non-hydrogen) atoms. The van der Waals surface area contributed by atoms with Crippen molar-refractivity contribution in [3.05, 3.63) is 107 Å². The lowest BCUT2D eigenvalue weighted by atomic mass is 9.83. The van der Waals surface area contributed by atoms with Crippen molar-refractivity contribution < 1.29 is 19.2 Å². The number of aryl methyl sites for hydroxylation is 1. The van der Waals surface area contributed by atoms with Crippen molar-refractivity contribution in [2.45, 2.75) is 126 Å². The lowest BCUT2D eigenvalue weighted by Crippen LogP contribution is -2.54. The Kier molecular flexibility index (Phi) is 11.5. The Bertz CT molecular complexity index is 2710. The molecule has 2 saturated carbocycles. The third-order valence-corrected chi connectivity index (χ3v) is 17.0. The van der Waals surface area contributed by atoms with E-state index in [1.807, 2.05) is 24.5 Å². The molecule has 4 amide bonds. The van der Waals surface area contributed by atoms with Gasteiger partial charge in [-0.2, -0.15) is 0 Å². The first-order valence-corrected chi connectivity index (χ1v) is 25.2. The summed E-state index contributed by atoms with van der Waals surface area (Å²) in [5, 5.41) is 3.58. The molecular formula is C55H64N8O4. The molecular weight excluding hydrogens is 837 g/mol. The van der Waals surface area contributed by atoms with Gasteiger partial charge in [-0.05, 0) is 179 Å². The Balaban J connectivity index is 0.649. The summed E-state index contributed by atoms with van der Waals surface area (Å²) >= 11 is 0. The largest absolute Gasteiger partial charge is 0.384 e. The number of carbonyl (C=O) groups is 4. The van der Waals surface area contributed by atoms with Crippen LogP contribution in [0.3, 0.4) is 0 Å². The van der Waals surface area contributed by atoms with Gasteiger partial charge in [0.2, 0.25) is 17.7 Å². The highest BCUT2D eigenvalue weighted by atomic mass is 16.2. The summed E-state index contributed by atoms with van der Waals surface area (Å²) in [4.78, 5) is 67.7. The van der Waals surface area contributed by atoms with Crippen molar-refractivity contribution in [3.63, 3.8) is 0 Å². The monoisotopic (exact) mass is 901 g/mol. The number of nitrogens with two attached hydrogens (primary N) is 1. The number of nitrogens with one attached hydrogen (secondary N) is 1. The van der Waals surface area contributed by atoms with E-state index in [0.29, 0.717) is 35.9 Å². The van der Waals surface area contributed by atoms with Crippen LogP contribution >= 0.6 is 0 Å². The number of carbonyl (C=O) groups excluding carboxylic acids is 4. The topological polar surface area (TPSA) is 147 Å². The van der Waals surface area contributed by atoms with Crippen LogP contribution in [0.4, 0.5) is 11.5 Å². The van der Waals surface area contributed by atoms with Crippen molar-refractivity contribution in [1.29, 1.82) is 0 Å². The number of imide groups is 1. The summed E-state index contributed by atoms with van der Waals surface area (Å²) < 4.78 is 2.24. The normalized spacial score (nSPS) is 24.2. The number of hydrogen-bond donors (Lipinski definition) is 2. The van der Waals surface area contributed by atoms with Crippen LogP contribution in [0.1, 0.15) is 147 Å². The van der Waals surface area contributed by atoms with E-state index >= 15 is 0 Å². The van der Waals surface area contributed by atoms with E-state index in [9.17, 15) is 19.2 Å². The van der Waals surface area contributed by atoms with Crippen LogP contribution in [0.2, 0.25) is 0 Å². The maximum Gasteiger partial charge on any atom is 0.253 e. The second-order valence-electron chi connectivity index (χ2n) is 20.8. The van der Waals surface area contributed by atoms with Crippen LogP contribution in [0.5, 0.6) is 0 Å². The van der Waals surface area contributed by atoms with Gasteiger partial charge in [0.05, 0.1) is 5.41 Å². The van der Waals surface area contributed by atoms with Crippen LogP contribution in [-0.4, -0.2) is 80.2 Å². The van der Waals surface area contributed by atoms with E-state index in [2.05, 4.69) is 93.2 Å². The molecule has 3 saturated heterocycles. The van der Waals surface area contributed by atoms with E-state index in [1.54, 1.807) is 4.90 Å². The number of hydrogen-bond acceptors (Lipinski definition) is 8. The summed E-state index contributed by atoms with van der Waals surface area (Å²) in [6.45, 7) is 5.99. The molecule has 4 atom stereocenters. The maximum atomic E-state index is 13.8. The first-order chi connectivity index (χ1) is 32.5. The van der Waals surface area contributed by atoms with Gasteiger partial charge < -0.3 is 15.2 Å². The summed E-state index contributed by atoms with van der Waals surface area (Å²) in [6, 6.07) is 23.0. The van der Waals surface area contributed by atoms with E-state index < -0.39 is 11.5 Å². The van der Waals surface area contributed by atoms with Crippen LogP contribution in [0.15, 0.2) is 79.1 Å². The second kappa shape index (κ2) is 17.6. The molecule has 11 rings (SSSR count). The van der Waals surface area contributed by atoms with Crippen molar-refractivity contribution >= 4 is 46.2 Å². The average molecular weight is 901 g/mol. The molecule has 348 valence electrons. The molecule has 7 heterocycles. The number of nitrogens with zero attached hydrogens (tertiary/aromatic N) is 6. The average Bonchev–Trinajstić information content (AvgIpc) is 4.10. The Labute approximate surface area is 393 Å². The molecule has 0 radical (unpaired) electrons. The molecule has 4 aliphatic heterocycles. The first-order valence-electron chi connectivity index (χ1n) is 25.2. The Morgan fingerprint density at radius 3 is 2.28 bits per heavy atom. The SMILES string of the molecule is CC(c1cc2c(-c3ccc(N)nc3)ccnc2n1C)N1CCC(c2ccc(C(=O)N3CCC(CC4CCCC(c5ccc6c(c5)C5(CC5)C(=O)N6C5CCC(=O)NC5=O)CC4)CC3)cc2)CC1. The lowest BCUT2D eigenvalue weighted by molar-refractivity contribution is -0.135. The standard InChI is InChI=1S/C55H64N8O4/c1-34(48-32-44-43(18-25-57-51(44)60(48)2)42-13-16-49(56)58-33-42)61-28-21-39(22-29-61)38-8-10-40(11-9-38)53(66)62-26-19-36(20-27-62)30-35-4-3-5-37(7-6-35)41-12-14-46-45(31-41)55(23-24-55)54(67)63(46)47-15-17-50(64)59-52(47)65/h8-14,16,18,25,31-37,39,47H,3-7,15,17,19-24,26-30H2,1-2H3,(H2,56,58)(H,59,64,65). The molecule has 12 heteroatoms. The number of amides is 4. The molecule has 2 aliphatic carbocycles. The predicted octanol–water partition coefficient (Wildman–Crippen LogP) is 8.95. The fourth-order valence-corrected chi connectivity index (χ4v) is 12.8. The number of anilines is 2. The molecule has 0 bridgehead atoms. The highest BCUT2D eigenvalue weighted by Crippen LogP contribution is 2.59. The summed E-state index contributed by atoms with van der Waals surface area (Å²) in [7, 11) is 2.12. The number of likely N-dealkylation sites (tertiary alicyclic amines) is 2. The number of pyridine rings is 2. The second-order valence-corrected chi connectivity index (χ2v) is 20.8. The number of rotatable bonds is 9. The van der Waals surface area contributed by atoms with Gasteiger partial charge in [0.15, 0.2) is 0 Å². The fraction of sp³-hybridized carbons (Fsp3) is 0.491. The van der Waals surface area contributed by atoms with Gasteiger partial charge in [0.25, 0.3) is 5.91 Å². The van der Waals surface area contributed by atoms with Crippen molar-refractivity contribution in [2.24, 2.45) is 18.9 Å².